The number of aliphatic hydroxyl groups excluding tert-OH is 5. The van der Waals surface area contributed by atoms with E-state index in [0.29, 0.717) is 12.2 Å². The lowest BCUT2D eigenvalue weighted by atomic mass is 9.83. The van der Waals surface area contributed by atoms with Crippen molar-refractivity contribution in [1.29, 1.82) is 0 Å². The number of carbonyl (C=O) groups is 1. The summed E-state index contributed by atoms with van der Waals surface area (Å²) in [5, 5.41) is 70.5. The zero-order valence-electron chi connectivity index (χ0n) is 25.0. The second kappa shape index (κ2) is 16.2. The molecule has 1 saturated heterocycles. The number of rotatable bonds is 14. The van der Waals surface area contributed by atoms with Crippen LogP contribution in [0.2, 0.25) is 0 Å². The second-order valence-corrected chi connectivity index (χ2v) is 11.9. The molecule has 3 aliphatic rings. The van der Waals surface area contributed by atoms with Gasteiger partial charge in [0.05, 0.1) is 37.9 Å². The van der Waals surface area contributed by atoms with Crippen molar-refractivity contribution < 1.29 is 54.4 Å². The standard InChI is InChI=1S/C27H51N5O11/c1-13-4-5-15(10-31-9-14(34)11-33)41-25(13)42-21-16(29)8-17(32-24(38)18(35)6-7-28)22(19(21)36)43-26-20(37)23(30-3)27(2,39)12-40-26/h5,13-14,16-23,25-26,30-31,33-37,39H,4,6-12,28-29H2,1-3H3,(H,32,38)/t13-,14+,16+,17-,18+,19+,20-,21-,22+,23-,25-,26-,27+/m1/s1. The van der Waals surface area contributed by atoms with Crippen LogP contribution in [0.1, 0.15) is 33.1 Å². The first kappa shape index (κ1) is 36.0. The SMILES string of the molecule is CN[C@@H]1[C@@H](O)[C@@H](O[C@@H]2[C@@H](O)[C@H](O[C@H]3OC(CNC[C@H](O)CO)=CC[C@H]3C)[C@@H](N)C[C@H]2NC(=O)[C@@H](O)CCN)OC[C@]1(C)O. The topological polar surface area (TPSA) is 264 Å². The highest BCUT2D eigenvalue weighted by molar-refractivity contribution is 5.80. The van der Waals surface area contributed by atoms with Crippen LogP contribution < -0.4 is 27.4 Å². The first-order valence-electron chi connectivity index (χ1n) is 14.8. The van der Waals surface area contributed by atoms with Gasteiger partial charge in [0.25, 0.3) is 0 Å². The Bertz CT molecular complexity index is 915. The summed E-state index contributed by atoms with van der Waals surface area (Å²) in [5.74, 6) is -0.277. The first-order chi connectivity index (χ1) is 20.3. The van der Waals surface area contributed by atoms with Gasteiger partial charge >= 0.3 is 0 Å². The van der Waals surface area contributed by atoms with E-state index >= 15 is 0 Å². The van der Waals surface area contributed by atoms with Gasteiger partial charge in [-0.2, -0.15) is 0 Å². The van der Waals surface area contributed by atoms with Gasteiger partial charge < -0.3 is 77.0 Å². The summed E-state index contributed by atoms with van der Waals surface area (Å²) in [6.07, 6.45) is -6.79. The maximum Gasteiger partial charge on any atom is 0.249 e. The summed E-state index contributed by atoms with van der Waals surface area (Å²) in [6, 6.07) is -2.52. The smallest absolute Gasteiger partial charge is 0.249 e. The molecular weight excluding hydrogens is 570 g/mol. The van der Waals surface area contributed by atoms with Crippen molar-refractivity contribution in [2.45, 2.75) is 106 Å². The van der Waals surface area contributed by atoms with Gasteiger partial charge in [0.2, 0.25) is 12.2 Å². The Morgan fingerprint density at radius 2 is 1.91 bits per heavy atom. The van der Waals surface area contributed by atoms with Gasteiger partial charge in [-0.1, -0.05) is 6.92 Å². The van der Waals surface area contributed by atoms with Crippen molar-refractivity contribution in [3.63, 3.8) is 0 Å². The molecule has 16 heteroatoms. The molecule has 13 N–H and O–H groups in total. The fourth-order valence-corrected chi connectivity index (χ4v) is 5.63. The number of aliphatic hydroxyl groups is 6. The van der Waals surface area contributed by atoms with Crippen molar-refractivity contribution in [2.75, 3.05) is 39.9 Å². The van der Waals surface area contributed by atoms with Crippen LogP contribution in [0.3, 0.4) is 0 Å². The van der Waals surface area contributed by atoms with E-state index in [1.807, 2.05) is 13.0 Å². The predicted molar refractivity (Wildman–Crippen MR) is 152 cm³/mol. The zero-order chi connectivity index (χ0) is 31.9. The third-order valence-electron chi connectivity index (χ3n) is 8.15. The van der Waals surface area contributed by atoms with Crippen molar-refractivity contribution in [1.82, 2.24) is 16.0 Å². The Kier molecular flexibility index (Phi) is 13.5. The molecule has 1 saturated carbocycles. The van der Waals surface area contributed by atoms with Gasteiger partial charge in [-0.05, 0) is 45.9 Å². The van der Waals surface area contributed by atoms with Crippen molar-refractivity contribution in [2.24, 2.45) is 17.4 Å². The number of allylic oxidation sites excluding steroid dienone is 1. The number of carbonyl (C=O) groups excluding carboxylic acids is 1. The highest BCUT2D eigenvalue weighted by Crippen LogP contribution is 2.33. The Morgan fingerprint density at radius 3 is 2.56 bits per heavy atom. The molecule has 250 valence electrons. The normalized spacial score (nSPS) is 39.8. The minimum Gasteiger partial charge on any atom is -0.468 e. The number of hydrogen-bond donors (Lipinski definition) is 11. The predicted octanol–water partition coefficient (Wildman–Crippen LogP) is -4.69. The molecule has 0 aromatic rings. The molecule has 0 aromatic heterocycles. The van der Waals surface area contributed by atoms with E-state index in [2.05, 4.69) is 16.0 Å². The first-order valence-corrected chi connectivity index (χ1v) is 14.8. The van der Waals surface area contributed by atoms with Crippen molar-refractivity contribution in [3.05, 3.63) is 11.8 Å². The van der Waals surface area contributed by atoms with Crippen LogP contribution in [0.5, 0.6) is 0 Å². The molecule has 0 aromatic carbocycles. The zero-order valence-corrected chi connectivity index (χ0v) is 25.0. The molecule has 13 atom stereocenters. The van der Waals surface area contributed by atoms with Crippen LogP contribution in [-0.4, -0.2) is 149 Å². The molecule has 2 fully saturated rings. The molecule has 43 heavy (non-hydrogen) atoms. The summed E-state index contributed by atoms with van der Waals surface area (Å²) in [4.78, 5) is 12.7. The third kappa shape index (κ3) is 9.26. The van der Waals surface area contributed by atoms with E-state index in [9.17, 15) is 30.3 Å². The molecule has 2 aliphatic heterocycles. The molecule has 2 heterocycles. The summed E-state index contributed by atoms with van der Waals surface area (Å²) in [5.41, 5.74) is 10.5. The summed E-state index contributed by atoms with van der Waals surface area (Å²) in [7, 11) is 1.57. The van der Waals surface area contributed by atoms with Gasteiger partial charge in [-0.15, -0.1) is 0 Å². The summed E-state index contributed by atoms with van der Waals surface area (Å²) in [6.45, 7) is 3.39. The maximum atomic E-state index is 12.7. The van der Waals surface area contributed by atoms with Crippen molar-refractivity contribution >= 4 is 5.91 Å². The van der Waals surface area contributed by atoms with Crippen LogP contribution in [0.15, 0.2) is 11.8 Å². The van der Waals surface area contributed by atoms with E-state index in [4.69, 9.17) is 35.5 Å². The lowest BCUT2D eigenvalue weighted by Gasteiger charge is -2.49. The second-order valence-electron chi connectivity index (χ2n) is 11.9. The Morgan fingerprint density at radius 1 is 1.21 bits per heavy atom. The fraction of sp³-hybridized carbons (Fsp3) is 0.889. The molecule has 3 rings (SSSR count). The van der Waals surface area contributed by atoms with Crippen LogP contribution in [-0.2, 0) is 23.7 Å². The van der Waals surface area contributed by atoms with Crippen LogP contribution in [0.25, 0.3) is 0 Å². The minimum atomic E-state index is -1.44. The highest BCUT2D eigenvalue weighted by Gasteiger charge is 2.51. The molecule has 1 amide bonds. The van der Waals surface area contributed by atoms with Gasteiger partial charge in [0.1, 0.15) is 41.9 Å². The Labute approximate surface area is 251 Å². The van der Waals surface area contributed by atoms with Gasteiger partial charge in [-0.25, -0.2) is 0 Å². The number of ether oxygens (including phenoxy) is 4. The lowest BCUT2D eigenvalue weighted by Crippen LogP contribution is -2.69. The number of amides is 1. The average molecular weight is 622 g/mol. The third-order valence-corrected chi connectivity index (χ3v) is 8.15. The largest absolute Gasteiger partial charge is 0.468 e. The summed E-state index contributed by atoms with van der Waals surface area (Å²) < 4.78 is 24.0. The van der Waals surface area contributed by atoms with E-state index in [-0.39, 0.29) is 51.6 Å². The number of nitrogens with one attached hydrogen (secondary N) is 3. The van der Waals surface area contributed by atoms with E-state index < -0.39 is 78.8 Å². The molecular formula is C27H51N5O11. The van der Waals surface area contributed by atoms with Crippen LogP contribution >= 0.6 is 0 Å². The van der Waals surface area contributed by atoms with E-state index in [1.54, 1.807) is 7.05 Å². The monoisotopic (exact) mass is 621 g/mol. The number of hydrogen-bond acceptors (Lipinski definition) is 15. The fourth-order valence-electron chi connectivity index (χ4n) is 5.63. The van der Waals surface area contributed by atoms with Gasteiger partial charge in [0.15, 0.2) is 6.29 Å². The van der Waals surface area contributed by atoms with Gasteiger partial charge in [0, 0.05) is 18.5 Å². The average Bonchev–Trinajstić information content (AvgIpc) is 2.95. The van der Waals surface area contributed by atoms with E-state index in [1.165, 1.54) is 6.92 Å². The number of nitrogens with two attached hydrogens (primary N) is 2. The molecule has 0 spiro atoms. The highest BCUT2D eigenvalue weighted by atomic mass is 16.7. The minimum absolute atomic E-state index is 0.0222. The maximum absolute atomic E-state index is 12.7. The lowest BCUT2D eigenvalue weighted by molar-refractivity contribution is -0.305. The number of likely N-dealkylation sites (N-methyl/N-ethyl adjacent to an activating group) is 1. The van der Waals surface area contributed by atoms with Crippen LogP contribution in [0, 0.1) is 5.92 Å². The van der Waals surface area contributed by atoms with Gasteiger partial charge in [-0.3, -0.25) is 4.79 Å². The Hall–Kier alpha value is -1.51. The quantitative estimate of drug-likeness (QED) is 0.0870. The molecule has 16 nitrogen and oxygen atoms in total. The molecule has 0 bridgehead atoms. The summed E-state index contributed by atoms with van der Waals surface area (Å²) >= 11 is 0. The van der Waals surface area contributed by atoms with Crippen molar-refractivity contribution in [3.8, 4) is 0 Å². The Balaban J connectivity index is 1.76. The van der Waals surface area contributed by atoms with Crippen LogP contribution in [0.4, 0.5) is 0 Å². The molecule has 1 aliphatic carbocycles. The molecule has 0 unspecified atom stereocenters. The van der Waals surface area contributed by atoms with E-state index in [0.717, 1.165) is 0 Å². The molecule has 0 radical (unpaired) electrons.